The summed E-state index contributed by atoms with van der Waals surface area (Å²) in [6.07, 6.45) is -3.94. The number of ether oxygens (including phenoxy) is 1. The SMILES string of the molecule is CCOc1nc(N)nc(N[C@@H](CCCN=C(N)N)C(=O)Nc2cccc(C(F)(F)F)c2)c1NC. The minimum atomic E-state index is -4.55. The lowest BCUT2D eigenvalue weighted by Gasteiger charge is -2.21. The van der Waals surface area contributed by atoms with E-state index in [0.29, 0.717) is 18.7 Å². The van der Waals surface area contributed by atoms with Gasteiger partial charge in [-0.15, -0.1) is 0 Å². The molecule has 0 fully saturated rings. The predicted octanol–water partition coefficient (Wildman–Crippen LogP) is 1.99. The smallest absolute Gasteiger partial charge is 0.416 e. The van der Waals surface area contributed by atoms with Crippen LogP contribution in [0.25, 0.3) is 0 Å². The number of nitrogen functional groups attached to an aromatic ring is 1. The molecule has 0 aliphatic carbocycles. The summed E-state index contributed by atoms with van der Waals surface area (Å²) in [6.45, 7) is 2.31. The van der Waals surface area contributed by atoms with Gasteiger partial charge in [-0.3, -0.25) is 9.79 Å². The molecule has 14 heteroatoms. The van der Waals surface area contributed by atoms with E-state index in [1.807, 2.05) is 0 Å². The molecule has 0 unspecified atom stereocenters. The van der Waals surface area contributed by atoms with E-state index in [1.165, 1.54) is 12.1 Å². The Bertz CT molecular complexity index is 1010. The number of hydrogen-bond donors (Lipinski definition) is 6. The summed E-state index contributed by atoms with van der Waals surface area (Å²) < 4.78 is 44.6. The molecule has 186 valence electrons. The molecule has 1 atom stereocenters. The summed E-state index contributed by atoms with van der Waals surface area (Å²) in [5, 5.41) is 8.37. The number of rotatable bonds is 11. The first-order valence-electron chi connectivity index (χ1n) is 10.3. The second-order valence-electron chi connectivity index (χ2n) is 7.01. The normalized spacial score (nSPS) is 11.9. The number of hydrogen-bond acceptors (Lipinski definition) is 8. The predicted molar refractivity (Wildman–Crippen MR) is 125 cm³/mol. The lowest BCUT2D eigenvalue weighted by atomic mass is 10.1. The number of aliphatic imine (C=N–C) groups is 1. The summed E-state index contributed by atoms with van der Waals surface area (Å²) in [6, 6.07) is 3.40. The van der Waals surface area contributed by atoms with Crippen molar-refractivity contribution in [2.45, 2.75) is 32.0 Å². The maximum atomic E-state index is 13.0. The number of nitrogens with one attached hydrogen (secondary N) is 3. The van der Waals surface area contributed by atoms with Crippen molar-refractivity contribution in [3.63, 3.8) is 0 Å². The summed E-state index contributed by atoms with van der Waals surface area (Å²) in [4.78, 5) is 25.1. The Labute approximate surface area is 194 Å². The van der Waals surface area contributed by atoms with Gasteiger partial charge in [0.15, 0.2) is 11.8 Å². The third kappa shape index (κ3) is 7.56. The number of nitrogens with zero attached hydrogens (tertiary/aromatic N) is 3. The van der Waals surface area contributed by atoms with Crippen LogP contribution in [0, 0.1) is 0 Å². The molecular weight excluding hydrogens is 455 g/mol. The largest absolute Gasteiger partial charge is 0.476 e. The Hall–Kier alpha value is -3.97. The monoisotopic (exact) mass is 483 g/mol. The topological polar surface area (TPSA) is 179 Å². The molecule has 2 aromatic rings. The number of benzene rings is 1. The van der Waals surface area contributed by atoms with Gasteiger partial charge in [0.1, 0.15) is 11.7 Å². The molecule has 0 aliphatic heterocycles. The van der Waals surface area contributed by atoms with Crippen LogP contribution >= 0.6 is 0 Å². The van der Waals surface area contributed by atoms with Gasteiger partial charge in [0.25, 0.3) is 0 Å². The summed E-state index contributed by atoms with van der Waals surface area (Å²) in [5.41, 5.74) is 15.9. The lowest BCUT2D eigenvalue weighted by Crippen LogP contribution is -2.35. The van der Waals surface area contributed by atoms with Crippen molar-refractivity contribution in [1.82, 2.24) is 9.97 Å². The maximum absolute atomic E-state index is 13.0. The zero-order valence-electron chi connectivity index (χ0n) is 18.7. The molecule has 2 rings (SSSR count). The van der Waals surface area contributed by atoms with Crippen LogP contribution in [0.2, 0.25) is 0 Å². The van der Waals surface area contributed by atoms with Crippen LogP contribution in [0.3, 0.4) is 0 Å². The third-order valence-corrected chi connectivity index (χ3v) is 4.45. The first kappa shape index (κ1) is 26.3. The zero-order chi connectivity index (χ0) is 25.3. The lowest BCUT2D eigenvalue weighted by molar-refractivity contribution is -0.137. The molecule has 0 radical (unpaired) electrons. The number of amides is 1. The highest BCUT2D eigenvalue weighted by Gasteiger charge is 2.31. The Kier molecular flexibility index (Phi) is 9.10. The maximum Gasteiger partial charge on any atom is 0.416 e. The van der Waals surface area contributed by atoms with Crippen LogP contribution in [0.1, 0.15) is 25.3 Å². The quantitative estimate of drug-likeness (QED) is 0.158. The molecule has 1 aromatic carbocycles. The fourth-order valence-corrected chi connectivity index (χ4v) is 2.97. The van der Waals surface area contributed by atoms with Gasteiger partial charge in [-0.1, -0.05) is 6.07 Å². The van der Waals surface area contributed by atoms with Crippen molar-refractivity contribution in [1.29, 1.82) is 0 Å². The molecule has 34 heavy (non-hydrogen) atoms. The molecule has 0 saturated heterocycles. The highest BCUT2D eigenvalue weighted by molar-refractivity contribution is 5.97. The highest BCUT2D eigenvalue weighted by Crippen LogP contribution is 2.32. The van der Waals surface area contributed by atoms with Crippen molar-refractivity contribution in [2.24, 2.45) is 16.5 Å². The van der Waals surface area contributed by atoms with Crippen LogP contribution in [-0.4, -0.2) is 48.1 Å². The molecule has 0 saturated carbocycles. The zero-order valence-corrected chi connectivity index (χ0v) is 18.7. The molecule has 0 bridgehead atoms. The molecule has 11 nitrogen and oxygen atoms in total. The summed E-state index contributed by atoms with van der Waals surface area (Å²) in [5.74, 6) is -0.425. The Morgan fingerprint density at radius 3 is 2.62 bits per heavy atom. The van der Waals surface area contributed by atoms with Crippen molar-refractivity contribution in [3.05, 3.63) is 29.8 Å². The number of carbonyl (C=O) groups excluding carboxylic acids is 1. The van der Waals surface area contributed by atoms with Crippen LogP contribution < -0.4 is 37.9 Å². The van der Waals surface area contributed by atoms with Gasteiger partial charge in [-0.05, 0) is 38.0 Å². The molecule has 9 N–H and O–H groups in total. The van der Waals surface area contributed by atoms with Crippen molar-refractivity contribution >= 4 is 35.0 Å². The summed E-state index contributed by atoms with van der Waals surface area (Å²) in [7, 11) is 1.61. The first-order valence-corrected chi connectivity index (χ1v) is 10.3. The van der Waals surface area contributed by atoms with Gasteiger partial charge >= 0.3 is 6.18 Å². The number of nitrogens with two attached hydrogens (primary N) is 3. The second-order valence-corrected chi connectivity index (χ2v) is 7.01. The molecule has 1 heterocycles. The molecule has 0 spiro atoms. The Morgan fingerprint density at radius 1 is 1.26 bits per heavy atom. The van der Waals surface area contributed by atoms with Gasteiger partial charge in [0.2, 0.25) is 17.7 Å². The minimum absolute atomic E-state index is 0.0121. The van der Waals surface area contributed by atoms with E-state index >= 15 is 0 Å². The van der Waals surface area contributed by atoms with Gasteiger partial charge < -0.3 is 37.9 Å². The van der Waals surface area contributed by atoms with Gasteiger partial charge in [0, 0.05) is 19.3 Å². The van der Waals surface area contributed by atoms with Crippen molar-refractivity contribution in [3.8, 4) is 5.88 Å². The Balaban J connectivity index is 2.31. The first-order chi connectivity index (χ1) is 16.0. The van der Waals surface area contributed by atoms with Crippen LogP contribution in [0.5, 0.6) is 5.88 Å². The van der Waals surface area contributed by atoms with E-state index in [-0.39, 0.29) is 42.3 Å². The van der Waals surface area contributed by atoms with E-state index < -0.39 is 23.7 Å². The number of halogens is 3. The Morgan fingerprint density at radius 2 is 2.00 bits per heavy atom. The summed E-state index contributed by atoms with van der Waals surface area (Å²) >= 11 is 0. The van der Waals surface area contributed by atoms with E-state index in [4.69, 9.17) is 21.9 Å². The fraction of sp³-hybridized carbons (Fsp3) is 0.400. The van der Waals surface area contributed by atoms with Crippen molar-refractivity contribution in [2.75, 3.05) is 41.9 Å². The van der Waals surface area contributed by atoms with Crippen molar-refractivity contribution < 1.29 is 22.7 Å². The van der Waals surface area contributed by atoms with E-state index in [9.17, 15) is 18.0 Å². The van der Waals surface area contributed by atoms with E-state index in [0.717, 1.165) is 12.1 Å². The average molecular weight is 483 g/mol. The standard InChI is InChI=1S/C20H28F3N9O2/c1-3-34-17-14(27-2)15(31-19(26)32-17)30-13(8-5-9-28-18(24)25)16(33)29-12-7-4-6-11(10-12)20(21,22)23/h4,6-7,10,13,27H,3,5,8-9H2,1-2H3,(H,29,33)(H4,24,25,28)(H3,26,30,31,32)/t13-/m0/s1. The third-order valence-electron chi connectivity index (χ3n) is 4.45. The van der Waals surface area contributed by atoms with E-state index in [1.54, 1.807) is 14.0 Å². The number of anilines is 4. The highest BCUT2D eigenvalue weighted by atomic mass is 19.4. The molecule has 0 aliphatic rings. The van der Waals surface area contributed by atoms with Gasteiger partial charge in [-0.2, -0.15) is 23.1 Å². The molecular formula is C20H28F3N9O2. The second kappa shape index (κ2) is 11.8. The number of aromatic nitrogens is 2. The van der Waals surface area contributed by atoms with Gasteiger partial charge in [0.05, 0.1) is 12.2 Å². The van der Waals surface area contributed by atoms with Crippen LogP contribution in [0.4, 0.5) is 36.3 Å². The minimum Gasteiger partial charge on any atom is -0.476 e. The number of guanidine groups is 1. The van der Waals surface area contributed by atoms with E-state index in [2.05, 4.69) is 30.9 Å². The number of carbonyl (C=O) groups is 1. The van der Waals surface area contributed by atoms with Gasteiger partial charge in [-0.25, -0.2) is 0 Å². The fourth-order valence-electron chi connectivity index (χ4n) is 2.97. The van der Waals surface area contributed by atoms with Crippen LogP contribution in [0.15, 0.2) is 29.3 Å². The molecule has 1 amide bonds. The average Bonchev–Trinajstić information content (AvgIpc) is 2.75. The van der Waals surface area contributed by atoms with Crippen LogP contribution in [-0.2, 0) is 11.0 Å². The number of alkyl halides is 3. The molecule has 1 aromatic heterocycles.